The van der Waals surface area contributed by atoms with Crippen molar-refractivity contribution in [2.75, 3.05) is 11.5 Å². The van der Waals surface area contributed by atoms with Gasteiger partial charge >= 0.3 is 0 Å². The molecule has 12 nitrogen and oxygen atoms in total. The molecule has 0 aliphatic heterocycles. The topological polar surface area (TPSA) is 164 Å². The highest BCUT2D eigenvalue weighted by molar-refractivity contribution is 6.15. The smallest absolute Gasteiger partial charge is 0.263 e. The highest BCUT2D eigenvalue weighted by Gasteiger charge is 1.96. The summed E-state index contributed by atoms with van der Waals surface area (Å²) in [7, 11) is 0. The third kappa shape index (κ3) is 1.94. The van der Waals surface area contributed by atoms with E-state index >= 15 is 0 Å². The highest BCUT2D eigenvalue weighted by Crippen LogP contribution is 1.89. The molecule has 0 spiro atoms. The van der Waals surface area contributed by atoms with Crippen molar-refractivity contribution in [3.63, 3.8) is 0 Å². The largest absolute Gasteiger partial charge is 0.365 e. The molecule has 0 atom stereocenters. The molecule has 0 amide bonds. The van der Waals surface area contributed by atoms with E-state index in [0.717, 1.165) is 9.58 Å². The molecule has 0 aromatic carbocycles. The summed E-state index contributed by atoms with van der Waals surface area (Å²) in [5.41, 5.74) is 10.7. The summed E-state index contributed by atoms with van der Waals surface area (Å²) in [5, 5.41) is 27.9. The minimum atomic E-state index is 0.0617. The zero-order valence-electron chi connectivity index (χ0n) is 7.78. The molecule has 0 fully saturated rings. The van der Waals surface area contributed by atoms with E-state index in [0.29, 0.717) is 0 Å². The molecule has 0 radical (unpaired) electrons. The second-order valence-electron chi connectivity index (χ2n) is 2.38. The number of tetrazole rings is 2. The maximum absolute atomic E-state index is 5.35. The van der Waals surface area contributed by atoms with Crippen molar-refractivity contribution in [3.8, 4) is 0 Å². The Labute approximate surface area is 87.6 Å². The number of nitrogen functional groups attached to an aromatic ring is 2. The molecule has 12 heteroatoms. The summed E-state index contributed by atoms with van der Waals surface area (Å²) in [6.45, 7) is 0. The first-order valence-corrected chi connectivity index (χ1v) is 3.92. The average molecular weight is 222 g/mol. The van der Waals surface area contributed by atoms with Crippen LogP contribution in [0.4, 0.5) is 11.9 Å². The summed E-state index contributed by atoms with van der Waals surface area (Å²) in [6, 6.07) is 0. The molecule has 0 saturated carbocycles. The van der Waals surface area contributed by atoms with Crippen LogP contribution in [-0.4, -0.2) is 53.1 Å². The van der Waals surface area contributed by atoms with Gasteiger partial charge in [0.1, 0.15) is 0 Å². The van der Waals surface area contributed by atoms with Gasteiger partial charge < -0.3 is 11.5 Å². The van der Waals surface area contributed by atoms with Gasteiger partial charge in [0.05, 0.1) is 12.4 Å². The van der Waals surface area contributed by atoms with Gasteiger partial charge in [0.25, 0.3) is 11.9 Å². The summed E-state index contributed by atoms with van der Waals surface area (Å²) >= 11 is 0. The first-order chi connectivity index (χ1) is 7.77. The van der Waals surface area contributed by atoms with Crippen LogP contribution >= 0.6 is 0 Å². The SMILES string of the molecule is Nc1nnnn1N=CC=Nn1nnnc1N. The molecular weight excluding hydrogens is 216 g/mol. The predicted octanol–water partition coefficient (Wildman–Crippen LogP) is -2.81. The van der Waals surface area contributed by atoms with Crippen LogP contribution in [-0.2, 0) is 0 Å². The zero-order valence-corrected chi connectivity index (χ0v) is 7.78. The number of nitrogens with two attached hydrogens (primary N) is 2. The van der Waals surface area contributed by atoms with E-state index in [4.69, 9.17) is 11.5 Å². The zero-order chi connectivity index (χ0) is 11.4. The molecular formula is C4H6N12. The van der Waals surface area contributed by atoms with Crippen LogP contribution in [0.2, 0.25) is 0 Å². The Morgan fingerprint density at radius 1 is 0.875 bits per heavy atom. The minimum Gasteiger partial charge on any atom is -0.365 e. The Morgan fingerprint density at radius 2 is 1.31 bits per heavy atom. The third-order valence-electron chi connectivity index (χ3n) is 1.37. The Hall–Kier alpha value is -2.92. The van der Waals surface area contributed by atoms with Crippen LogP contribution in [0.25, 0.3) is 0 Å². The molecule has 0 aliphatic rings. The van der Waals surface area contributed by atoms with E-state index in [1.807, 2.05) is 0 Å². The Kier molecular flexibility index (Phi) is 2.45. The van der Waals surface area contributed by atoms with Gasteiger partial charge in [-0.25, -0.2) is 0 Å². The number of aromatic nitrogens is 8. The Bertz CT molecular complexity index is 468. The van der Waals surface area contributed by atoms with Gasteiger partial charge in [-0.1, -0.05) is 19.8 Å². The molecule has 2 aromatic heterocycles. The van der Waals surface area contributed by atoms with Crippen LogP contribution in [0, 0.1) is 0 Å². The fourth-order valence-corrected chi connectivity index (χ4v) is 0.729. The van der Waals surface area contributed by atoms with Gasteiger partial charge in [-0.2, -0.15) is 10.2 Å². The van der Waals surface area contributed by atoms with Gasteiger partial charge in [-0.05, 0) is 20.9 Å². The van der Waals surface area contributed by atoms with E-state index in [1.54, 1.807) is 0 Å². The fraction of sp³-hybridized carbons (Fsp3) is 0. The van der Waals surface area contributed by atoms with Crippen LogP contribution in [0.5, 0.6) is 0 Å². The van der Waals surface area contributed by atoms with Gasteiger partial charge in [-0.15, -0.1) is 0 Å². The number of hydrogen-bond acceptors (Lipinski definition) is 10. The molecule has 82 valence electrons. The van der Waals surface area contributed by atoms with Crippen LogP contribution in [0.3, 0.4) is 0 Å². The van der Waals surface area contributed by atoms with Gasteiger partial charge in [0.2, 0.25) is 0 Å². The molecule has 0 aliphatic carbocycles. The number of hydrogen-bond donors (Lipinski definition) is 2. The molecule has 16 heavy (non-hydrogen) atoms. The van der Waals surface area contributed by atoms with Crippen molar-refractivity contribution in [1.29, 1.82) is 0 Å². The van der Waals surface area contributed by atoms with Crippen LogP contribution in [0.1, 0.15) is 0 Å². The summed E-state index contributed by atoms with van der Waals surface area (Å²) in [4.78, 5) is 2.05. The second-order valence-corrected chi connectivity index (χ2v) is 2.38. The van der Waals surface area contributed by atoms with E-state index < -0.39 is 0 Å². The lowest BCUT2D eigenvalue weighted by atomic mass is 10.8. The molecule has 0 unspecified atom stereocenters. The molecule has 2 aromatic rings. The molecule has 2 heterocycles. The fourth-order valence-electron chi connectivity index (χ4n) is 0.729. The Morgan fingerprint density at radius 3 is 1.62 bits per heavy atom. The molecule has 0 bridgehead atoms. The van der Waals surface area contributed by atoms with Crippen molar-refractivity contribution in [3.05, 3.63) is 0 Å². The third-order valence-corrected chi connectivity index (χ3v) is 1.37. The quantitative estimate of drug-likeness (QED) is 0.525. The summed E-state index contributed by atoms with van der Waals surface area (Å²) in [5.74, 6) is 0.123. The normalized spacial score (nSPS) is 11.8. The summed E-state index contributed by atoms with van der Waals surface area (Å²) in [6.07, 6.45) is 2.60. The Balaban J connectivity index is 2.03. The first-order valence-electron chi connectivity index (χ1n) is 3.92. The van der Waals surface area contributed by atoms with Crippen LogP contribution < -0.4 is 11.5 Å². The van der Waals surface area contributed by atoms with Crippen molar-refractivity contribution in [2.24, 2.45) is 10.2 Å². The van der Waals surface area contributed by atoms with Crippen molar-refractivity contribution in [1.82, 2.24) is 40.6 Å². The second kappa shape index (κ2) is 4.07. The lowest BCUT2D eigenvalue weighted by Crippen LogP contribution is -2.01. The molecule has 2 rings (SSSR count). The first kappa shape index (κ1) is 9.63. The minimum absolute atomic E-state index is 0.0617. The van der Waals surface area contributed by atoms with Gasteiger partial charge in [0.15, 0.2) is 0 Å². The lowest BCUT2D eigenvalue weighted by Gasteiger charge is -1.88. The van der Waals surface area contributed by atoms with E-state index in [-0.39, 0.29) is 11.9 Å². The summed E-state index contributed by atoms with van der Waals surface area (Å²) < 4.78 is 0. The monoisotopic (exact) mass is 222 g/mol. The van der Waals surface area contributed by atoms with E-state index in [1.165, 1.54) is 12.4 Å². The number of nitrogens with zero attached hydrogens (tertiary/aromatic N) is 10. The van der Waals surface area contributed by atoms with Crippen LogP contribution in [0.15, 0.2) is 10.2 Å². The number of rotatable bonds is 3. The van der Waals surface area contributed by atoms with Crippen molar-refractivity contribution in [2.45, 2.75) is 0 Å². The van der Waals surface area contributed by atoms with Gasteiger partial charge in [-0.3, -0.25) is 0 Å². The van der Waals surface area contributed by atoms with Crippen molar-refractivity contribution >= 4 is 24.3 Å². The van der Waals surface area contributed by atoms with Crippen molar-refractivity contribution < 1.29 is 0 Å². The average Bonchev–Trinajstić information content (AvgIpc) is 2.84. The van der Waals surface area contributed by atoms with Gasteiger partial charge in [0, 0.05) is 0 Å². The molecule has 0 saturated heterocycles. The molecule has 4 N–H and O–H groups in total. The highest BCUT2D eigenvalue weighted by atomic mass is 15.7. The lowest BCUT2D eigenvalue weighted by molar-refractivity contribution is 0.696. The number of anilines is 2. The van der Waals surface area contributed by atoms with E-state index in [9.17, 15) is 0 Å². The van der Waals surface area contributed by atoms with E-state index in [2.05, 4.69) is 41.3 Å². The maximum Gasteiger partial charge on any atom is 0.263 e. The predicted molar refractivity (Wildman–Crippen MR) is 52.2 cm³/mol. The maximum atomic E-state index is 5.35. The standard InChI is InChI=1S/C4H6N12/c5-3-9-11-13-15(3)7-1-2-8-16-4(6)10-12-14-16/h1-2H,(H2,5,9,13)(H2,6,10,14).